The van der Waals surface area contributed by atoms with Crippen LogP contribution in [0.15, 0.2) is 121 Å². The number of ether oxygens (including phenoxy) is 5. The van der Waals surface area contributed by atoms with Crippen LogP contribution in [-0.4, -0.2) is 47.7 Å². The van der Waals surface area contributed by atoms with Gasteiger partial charge in [-0.3, -0.25) is 4.79 Å². The molecule has 6 atom stereocenters. The Kier molecular flexibility index (Phi) is 12.2. The summed E-state index contributed by atoms with van der Waals surface area (Å²) >= 11 is 0. The van der Waals surface area contributed by atoms with Crippen LogP contribution in [0.3, 0.4) is 0 Å². The maximum absolute atomic E-state index is 12.7. The molecule has 2 aliphatic rings. The lowest BCUT2D eigenvalue weighted by atomic mass is 9.79. The highest BCUT2D eigenvalue weighted by atomic mass is 16.7. The minimum Gasteiger partial charge on any atom is -0.374 e. The van der Waals surface area contributed by atoms with Crippen LogP contribution in [0, 0.1) is 5.92 Å². The molecule has 4 aromatic carbocycles. The fourth-order valence-electron chi connectivity index (χ4n) is 6.80. The molecule has 4 unspecified atom stereocenters. The highest BCUT2D eigenvalue weighted by Crippen LogP contribution is 2.41. The molecule has 252 valence electrons. The van der Waals surface area contributed by atoms with E-state index in [4.69, 9.17) is 23.7 Å². The van der Waals surface area contributed by atoms with E-state index in [9.17, 15) is 9.90 Å². The first-order valence-corrected chi connectivity index (χ1v) is 17.1. The molecule has 0 aromatic heterocycles. The molecule has 4 aromatic rings. The van der Waals surface area contributed by atoms with Crippen molar-refractivity contribution in [3.63, 3.8) is 0 Å². The van der Waals surface area contributed by atoms with Gasteiger partial charge in [-0.25, -0.2) is 0 Å². The van der Waals surface area contributed by atoms with Gasteiger partial charge in [0.2, 0.25) is 0 Å². The summed E-state index contributed by atoms with van der Waals surface area (Å²) in [5.41, 5.74) is 3.99. The van der Waals surface area contributed by atoms with Gasteiger partial charge in [0.1, 0.15) is 30.2 Å². The summed E-state index contributed by atoms with van der Waals surface area (Å²) in [6.07, 6.45) is -0.0856. The highest BCUT2D eigenvalue weighted by Gasteiger charge is 2.57. The molecular formula is C41H46O7. The SMILES string of the molecule is O=C1CCCC(C[C@]2(O)OC(COCc3ccccc3)[C@H](OCc3ccccc3)C(OCc3ccccc3)C2OCc2ccccc2)C1. The number of hydrogen-bond donors (Lipinski definition) is 1. The van der Waals surface area contributed by atoms with Crippen LogP contribution < -0.4 is 0 Å². The van der Waals surface area contributed by atoms with Crippen LogP contribution in [0.5, 0.6) is 0 Å². The van der Waals surface area contributed by atoms with Gasteiger partial charge in [0.25, 0.3) is 0 Å². The molecule has 0 amide bonds. The van der Waals surface area contributed by atoms with E-state index in [0.717, 1.165) is 35.1 Å². The summed E-state index contributed by atoms with van der Waals surface area (Å²) < 4.78 is 33.1. The minimum absolute atomic E-state index is 0.0403. The van der Waals surface area contributed by atoms with Crippen molar-refractivity contribution in [2.45, 2.75) is 88.7 Å². The van der Waals surface area contributed by atoms with Crippen LogP contribution in [0.4, 0.5) is 0 Å². The third kappa shape index (κ3) is 9.47. The van der Waals surface area contributed by atoms with E-state index in [-0.39, 0.29) is 37.9 Å². The normalized spacial score (nSPS) is 25.9. The molecular weight excluding hydrogens is 604 g/mol. The molecule has 48 heavy (non-hydrogen) atoms. The number of Topliss-reactive ketones (excluding diaryl/α,β-unsaturated/α-hetero) is 1. The molecule has 0 bridgehead atoms. The van der Waals surface area contributed by atoms with E-state index in [1.807, 2.05) is 121 Å². The van der Waals surface area contributed by atoms with Gasteiger partial charge in [-0.1, -0.05) is 121 Å². The van der Waals surface area contributed by atoms with Crippen molar-refractivity contribution in [1.82, 2.24) is 0 Å². The number of ketones is 1. The van der Waals surface area contributed by atoms with Crippen LogP contribution >= 0.6 is 0 Å². The Labute approximate surface area is 283 Å². The third-order valence-electron chi connectivity index (χ3n) is 9.19. The van der Waals surface area contributed by atoms with E-state index in [1.54, 1.807) is 0 Å². The average molecular weight is 651 g/mol. The number of hydrogen-bond acceptors (Lipinski definition) is 7. The molecule has 1 saturated carbocycles. The smallest absolute Gasteiger partial charge is 0.195 e. The summed E-state index contributed by atoms with van der Waals surface area (Å²) in [6, 6.07) is 39.8. The van der Waals surface area contributed by atoms with Crippen LogP contribution in [-0.2, 0) is 54.9 Å². The van der Waals surface area contributed by atoms with Crippen LogP contribution in [0.1, 0.15) is 54.4 Å². The van der Waals surface area contributed by atoms with Gasteiger partial charge in [-0.15, -0.1) is 0 Å². The van der Waals surface area contributed by atoms with Crippen molar-refractivity contribution in [2.75, 3.05) is 6.61 Å². The predicted octanol–water partition coefficient (Wildman–Crippen LogP) is 7.20. The Morgan fingerprint density at radius 2 is 1.12 bits per heavy atom. The minimum atomic E-state index is -1.76. The number of carbonyl (C=O) groups excluding carboxylic acids is 1. The van der Waals surface area contributed by atoms with Crippen molar-refractivity contribution in [3.8, 4) is 0 Å². The van der Waals surface area contributed by atoms with E-state index >= 15 is 0 Å². The Morgan fingerprint density at radius 3 is 1.65 bits per heavy atom. The summed E-state index contributed by atoms with van der Waals surface area (Å²) in [5.74, 6) is -1.58. The number of aliphatic hydroxyl groups is 1. The molecule has 1 N–H and O–H groups in total. The molecule has 1 aliphatic carbocycles. The Bertz CT molecular complexity index is 1520. The van der Waals surface area contributed by atoms with Crippen molar-refractivity contribution in [3.05, 3.63) is 144 Å². The second-order valence-corrected chi connectivity index (χ2v) is 12.9. The molecule has 2 fully saturated rings. The van der Waals surface area contributed by atoms with E-state index < -0.39 is 30.2 Å². The summed E-state index contributed by atoms with van der Waals surface area (Å²) in [6.45, 7) is 1.39. The number of rotatable bonds is 15. The summed E-state index contributed by atoms with van der Waals surface area (Å²) in [7, 11) is 0. The average Bonchev–Trinajstić information content (AvgIpc) is 3.11. The van der Waals surface area contributed by atoms with Gasteiger partial charge in [0, 0.05) is 19.3 Å². The molecule has 1 saturated heterocycles. The zero-order valence-corrected chi connectivity index (χ0v) is 27.4. The molecule has 7 heteroatoms. The summed E-state index contributed by atoms with van der Waals surface area (Å²) in [5, 5.41) is 12.7. The first-order valence-electron chi connectivity index (χ1n) is 17.1. The fraction of sp³-hybridized carbons (Fsp3) is 0.390. The standard InChI is InChI=1S/C41H46O7/c42-36-23-13-22-35(24-36)25-41(43)40(47-29-34-20-11-4-12-21-34)39(46-28-33-18-9-3-10-19-33)38(45-27-32-16-7-2-8-17-32)37(48-41)30-44-26-31-14-5-1-6-15-31/h1-12,14-21,35,37-40,43H,13,22-30H2/t35?,37?,38-,39?,40?,41-/m0/s1. The van der Waals surface area contributed by atoms with Crippen molar-refractivity contribution < 1.29 is 33.6 Å². The first-order chi connectivity index (χ1) is 23.6. The molecule has 1 aliphatic heterocycles. The van der Waals surface area contributed by atoms with E-state index in [0.29, 0.717) is 26.1 Å². The Morgan fingerprint density at radius 1 is 0.646 bits per heavy atom. The molecule has 0 spiro atoms. The van der Waals surface area contributed by atoms with E-state index in [1.165, 1.54) is 0 Å². The monoisotopic (exact) mass is 650 g/mol. The summed E-state index contributed by atoms with van der Waals surface area (Å²) in [4.78, 5) is 12.5. The molecule has 7 nitrogen and oxygen atoms in total. The maximum atomic E-state index is 12.7. The quantitative estimate of drug-likeness (QED) is 0.146. The Hall–Kier alpha value is -3.69. The lowest BCUT2D eigenvalue weighted by Crippen LogP contribution is -2.67. The van der Waals surface area contributed by atoms with Gasteiger partial charge in [-0.05, 0) is 41.0 Å². The fourth-order valence-corrected chi connectivity index (χ4v) is 6.80. The van der Waals surface area contributed by atoms with Gasteiger partial charge in [-0.2, -0.15) is 0 Å². The molecule has 6 rings (SSSR count). The van der Waals surface area contributed by atoms with Gasteiger partial charge in [0.15, 0.2) is 5.79 Å². The van der Waals surface area contributed by atoms with Gasteiger partial charge < -0.3 is 28.8 Å². The molecule has 1 heterocycles. The van der Waals surface area contributed by atoms with Crippen molar-refractivity contribution in [1.29, 1.82) is 0 Å². The lowest BCUT2D eigenvalue weighted by molar-refractivity contribution is -0.375. The van der Waals surface area contributed by atoms with Gasteiger partial charge >= 0.3 is 0 Å². The molecule has 0 radical (unpaired) electrons. The van der Waals surface area contributed by atoms with Gasteiger partial charge in [0.05, 0.1) is 33.0 Å². The van der Waals surface area contributed by atoms with Crippen molar-refractivity contribution >= 4 is 5.78 Å². The predicted molar refractivity (Wildman–Crippen MR) is 183 cm³/mol. The van der Waals surface area contributed by atoms with E-state index in [2.05, 4.69) is 0 Å². The Balaban J connectivity index is 1.33. The second-order valence-electron chi connectivity index (χ2n) is 12.9. The van der Waals surface area contributed by atoms with Crippen LogP contribution in [0.25, 0.3) is 0 Å². The highest BCUT2D eigenvalue weighted by molar-refractivity contribution is 5.79. The van der Waals surface area contributed by atoms with Crippen molar-refractivity contribution in [2.24, 2.45) is 5.92 Å². The second kappa shape index (κ2) is 17.1. The number of benzene rings is 4. The zero-order chi connectivity index (χ0) is 33.0. The topological polar surface area (TPSA) is 83.5 Å². The largest absolute Gasteiger partial charge is 0.374 e. The maximum Gasteiger partial charge on any atom is 0.195 e. The number of carbonyl (C=O) groups is 1. The lowest BCUT2D eigenvalue weighted by Gasteiger charge is -2.51. The van der Waals surface area contributed by atoms with Crippen LogP contribution in [0.2, 0.25) is 0 Å². The first kappa shape index (κ1) is 34.2. The third-order valence-corrected chi connectivity index (χ3v) is 9.19. The zero-order valence-electron chi connectivity index (χ0n) is 27.4.